The van der Waals surface area contributed by atoms with Crippen molar-refractivity contribution in [2.75, 3.05) is 5.75 Å². The van der Waals surface area contributed by atoms with Gasteiger partial charge in [-0.3, -0.25) is 4.79 Å². The van der Waals surface area contributed by atoms with Crippen LogP contribution in [0.1, 0.15) is 19.2 Å². The number of rotatable bonds is 5. The Labute approximate surface area is 84.6 Å². The van der Waals surface area contributed by atoms with E-state index in [0.29, 0.717) is 0 Å². The first-order chi connectivity index (χ1) is 6.22. The fourth-order valence-corrected chi connectivity index (χ4v) is 2.12. The number of aromatic nitrogens is 2. The van der Waals surface area contributed by atoms with Crippen LogP contribution in [0.5, 0.6) is 0 Å². The van der Waals surface area contributed by atoms with E-state index in [9.17, 15) is 4.79 Å². The zero-order valence-corrected chi connectivity index (χ0v) is 8.82. The molecule has 0 bridgehead atoms. The van der Waals surface area contributed by atoms with E-state index in [1.807, 2.05) is 0 Å². The molecule has 1 N–H and O–H groups in total. The van der Waals surface area contributed by atoms with Crippen LogP contribution in [0, 0.1) is 0 Å². The van der Waals surface area contributed by atoms with Crippen LogP contribution in [-0.2, 0) is 11.2 Å². The average Bonchev–Trinajstić information content (AvgIpc) is 2.50. The second-order valence-corrected chi connectivity index (χ2v) is 4.38. The number of aryl methyl sites for hydroxylation is 1. The molecule has 0 radical (unpaired) electrons. The van der Waals surface area contributed by atoms with Crippen molar-refractivity contribution < 1.29 is 9.90 Å². The van der Waals surface area contributed by atoms with Crippen molar-refractivity contribution in [1.29, 1.82) is 0 Å². The van der Waals surface area contributed by atoms with Crippen LogP contribution in [-0.4, -0.2) is 26.2 Å². The number of thioether (sulfide) groups is 1. The molecule has 0 aliphatic rings. The summed E-state index contributed by atoms with van der Waals surface area (Å²) in [7, 11) is 0. The summed E-state index contributed by atoms with van der Waals surface area (Å²) in [5.74, 6) is 0.0541. The fourth-order valence-electron chi connectivity index (χ4n) is 0.745. The normalized spacial score (nSPS) is 10.2. The predicted octanol–water partition coefficient (Wildman–Crippen LogP) is 1.67. The summed E-state index contributed by atoms with van der Waals surface area (Å²) in [6.45, 7) is 2.06. The Kier molecular flexibility index (Phi) is 4.17. The van der Waals surface area contributed by atoms with E-state index >= 15 is 0 Å². The highest BCUT2D eigenvalue weighted by Gasteiger charge is 2.05. The topological polar surface area (TPSA) is 63.1 Å². The maximum Gasteiger partial charge on any atom is 0.313 e. The Balaban J connectivity index is 2.44. The highest BCUT2D eigenvalue weighted by Crippen LogP contribution is 2.19. The number of hydrogen-bond donors (Lipinski definition) is 1. The van der Waals surface area contributed by atoms with Crippen molar-refractivity contribution in [2.45, 2.75) is 24.1 Å². The Morgan fingerprint density at radius 2 is 2.46 bits per heavy atom. The van der Waals surface area contributed by atoms with E-state index in [0.717, 1.165) is 23.0 Å². The third-order valence-electron chi connectivity index (χ3n) is 1.24. The van der Waals surface area contributed by atoms with Gasteiger partial charge in [0.2, 0.25) is 0 Å². The van der Waals surface area contributed by atoms with E-state index in [-0.39, 0.29) is 5.75 Å². The van der Waals surface area contributed by atoms with Gasteiger partial charge in [-0.25, -0.2) is 4.98 Å². The maximum absolute atomic E-state index is 10.2. The molecule has 0 unspecified atom stereocenters. The molecule has 0 spiro atoms. The molecule has 0 atom stereocenters. The molecule has 6 heteroatoms. The highest BCUT2D eigenvalue weighted by atomic mass is 32.2. The molecule has 0 saturated carbocycles. The summed E-state index contributed by atoms with van der Waals surface area (Å²) >= 11 is 2.49. The molecule has 1 aromatic rings. The third kappa shape index (κ3) is 3.73. The lowest BCUT2D eigenvalue weighted by Gasteiger charge is -1.89. The van der Waals surface area contributed by atoms with Gasteiger partial charge in [-0.1, -0.05) is 18.7 Å². The van der Waals surface area contributed by atoms with Gasteiger partial charge in [-0.2, -0.15) is 4.37 Å². The standard InChI is InChI=1S/C7H10N2O2S2/c1-2-3-5-8-7(13-9-5)12-4-6(10)11/h2-4H2,1H3,(H,10,11). The molecule has 1 aromatic heterocycles. The highest BCUT2D eigenvalue weighted by molar-refractivity contribution is 8.01. The number of carbonyl (C=O) groups is 1. The van der Waals surface area contributed by atoms with Gasteiger partial charge in [0, 0.05) is 6.42 Å². The molecule has 0 aromatic carbocycles. The molecule has 0 saturated heterocycles. The van der Waals surface area contributed by atoms with Crippen LogP contribution >= 0.6 is 23.3 Å². The summed E-state index contributed by atoms with van der Waals surface area (Å²) in [6.07, 6.45) is 1.88. The van der Waals surface area contributed by atoms with Crippen LogP contribution in [0.4, 0.5) is 0 Å². The lowest BCUT2D eigenvalue weighted by Crippen LogP contribution is -1.97. The summed E-state index contributed by atoms with van der Waals surface area (Å²) in [5, 5.41) is 8.42. The van der Waals surface area contributed by atoms with E-state index in [4.69, 9.17) is 5.11 Å². The van der Waals surface area contributed by atoms with Gasteiger partial charge in [0.15, 0.2) is 4.34 Å². The van der Waals surface area contributed by atoms with Crippen molar-refractivity contribution in [2.24, 2.45) is 0 Å². The Hall–Kier alpha value is -0.620. The van der Waals surface area contributed by atoms with Gasteiger partial charge in [0.25, 0.3) is 0 Å². The van der Waals surface area contributed by atoms with E-state index < -0.39 is 5.97 Å². The zero-order chi connectivity index (χ0) is 9.68. The van der Waals surface area contributed by atoms with Crippen molar-refractivity contribution in [3.63, 3.8) is 0 Å². The van der Waals surface area contributed by atoms with Crippen LogP contribution in [0.3, 0.4) is 0 Å². The van der Waals surface area contributed by atoms with Crippen LogP contribution in [0.25, 0.3) is 0 Å². The second-order valence-electron chi connectivity index (χ2n) is 2.41. The SMILES string of the molecule is CCCc1nsc(SCC(=O)O)n1. The summed E-state index contributed by atoms with van der Waals surface area (Å²) in [5.41, 5.74) is 0. The Bertz CT molecular complexity index is 288. The quantitative estimate of drug-likeness (QED) is 0.762. The summed E-state index contributed by atoms with van der Waals surface area (Å²) in [6, 6.07) is 0. The monoisotopic (exact) mass is 218 g/mol. The molecule has 13 heavy (non-hydrogen) atoms. The van der Waals surface area contributed by atoms with Crippen LogP contribution in [0.15, 0.2) is 4.34 Å². The molecule has 1 heterocycles. The first-order valence-electron chi connectivity index (χ1n) is 3.89. The largest absolute Gasteiger partial charge is 0.481 e. The molecular weight excluding hydrogens is 208 g/mol. The van der Waals surface area contributed by atoms with E-state index in [2.05, 4.69) is 16.3 Å². The lowest BCUT2D eigenvalue weighted by atomic mass is 10.3. The predicted molar refractivity (Wildman–Crippen MR) is 52.3 cm³/mol. The van der Waals surface area contributed by atoms with Crippen LogP contribution < -0.4 is 0 Å². The van der Waals surface area contributed by atoms with Gasteiger partial charge < -0.3 is 5.11 Å². The van der Waals surface area contributed by atoms with E-state index in [1.54, 1.807) is 0 Å². The Morgan fingerprint density at radius 3 is 3.08 bits per heavy atom. The maximum atomic E-state index is 10.2. The molecule has 0 aliphatic carbocycles. The fraction of sp³-hybridized carbons (Fsp3) is 0.571. The minimum Gasteiger partial charge on any atom is -0.481 e. The number of hydrogen-bond acceptors (Lipinski definition) is 5. The number of carboxylic acids is 1. The number of carboxylic acid groups (broad SMARTS) is 1. The van der Waals surface area contributed by atoms with Crippen molar-refractivity contribution >= 4 is 29.3 Å². The van der Waals surface area contributed by atoms with Gasteiger partial charge in [0.1, 0.15) is 5.82 Å². The number of nitrogens with zero attached hydrogens (tertiary/aromatic N) is 2. The Morgan fingerprint density at radius 1 is 1.69 bits per heavy atom. The molecule has 72 valence electrons. The van der Waals surface area contributed by atoms with Crippen LogP contribution in [0.2, 0.25) is 0 Å². The third-order valence-corrected chi connectivity index (χ3v) is 3.10. The second kappa shape index (κ2) is 5.18. The molecule has 1 rings (SSSR count). The zero-order valence-electron chi connectivity index (χ0n) is 7.19. The molecule has 0 aliphatic heterocycles. The average molecular weight is 218 g/mol. The molecule has 0 amide bonds. The van der Waals surface area contributed by atoms with Crippen molar-refractivity contribution in [3.05, 3.63) is 5.82 Å². The van der Waals surface area contributed by atoms with Crippen molar-refractivity contribution in [3.8, 4) is 0 Å². The first kappa shape index (κ1) is 10.5. The number of aliphatic carboxylic acids is 1. The molecule has 4 nitrogen and oxygen atoms in total. The smallest absolute Gasteiger partial charge is 0.313 e. The van der Waals surface area contributed by atoms with Gasteiger partial charge in [-0.15, -0.1) is 0 Å². The minimum atomic E-state index is -0.822. The van der Waals surface area contributed by atoms with E-state index in [1.165, 1.54) is 23.3 Å². The minimum absolute atomic E-state index is 0.0563. The summed E-state index contributed by atoms with van der Waals surface area (Å²) in [4.78, 5) is 14.4. The first-order valence-corrected chi connectivity index (χ1v) is 5.65. The van der Waals surface area contributed by atoms with Gasteiger partial charge >= 0.3 is 5.97 Å². The lowest BCUT2D eigenvalue weighted by molar-refractivity contribution is -0.133. The van der Waals surface area contributed by atoms with Gasteiger partial charge in [0.05, 0.1) is 5.75 Å². The van der Waals surface area contributed by atoms with Gasteiger partial charge in [-0.05, 0) is 18.0 Å². The summed E-state index contributed by atoms with van der Waals surface area (Å²) < 4.78 is 4.84. The molecular formula is C7H10N2O2S2. The van der Waals surface area contributed by atoms with Crippen molar-refractivity contribution in [1.82, 2.24) is 9.36 Å². The molecule has 0 fully saturated rings.